The number of hydrogen-bond acceptors (Lipinski definition) is 8. The van der Waals surface area contributed by atoms with E-state index in [1.165, 1.54) is 0 Å². The standard InChI is InChI=1S/C27H38O8/c1-5-22(31)34-15-21(30)27(35-24(32)33-6-2)12-10-19-18-8-7-16-13-17(28)9-11-25(16,3)23(18)20(29)14-26(19,27)4/h13,18-20,23,29H,5-12,14-15H2,1-4H3/t18-,19-,20-,23-,25-,26-,27-/m0/s1. The summed E-state index contributed by atoms with van der Waals surface area (Å²) in [5.74, 6) is -0.681. The van der Waals surface area contributed by atoms with Gasteiger partial charge in [0.05, 0.1) is 12.7 Å². The van der Waals surface area contributed by atoms with Crippen LogP contribution in [0.15, 0.2) is 11.6 Å². The molecule has 0 heterocycles. The van der Waals surface area contributed by atoms with Crippen molar-refractivity contribution in [1.29, 1.82) is 0 Å². The van der Waals surface area contributed by atoms with Crippen molar-refractivity contribution < 1.29 is 38.5 Å². The van der Waals surface area contributed by atoms with E-state index in [2.05, 4.69) is 6.92 Å². The molecule has 4 aliphatic rings. The van der Waals surface area contributed by atoms with E-state index in [4.69, 9.17) is 14.2 Å². The maximum atomic E-state index is 13.6. The van der Waals surface area contributed by atoms with E-state index in [0.29, 0.717) is 19.3 Å². The highest BCUT2D eigenvalue weighted by Crippen LogP contribution is 2.68. The summed E-state index contributed by atoms with van der Waals surface area (Å²) < 4.78 is 16.1. The van der Waals surface area contributed by atoms with Gasteiger partial charge in [-0.05, 0) is 74.7 Å². The number of carbonyl (C=O) groups excluding carboxylic acids is 4. The third-order valence-electron chi connectivity index (χ3n) is 9.64. The highest BCUT2D eigenvalue weighted by Gasteiger charge is 2.70. The number of esters is 1. The molecule has 0 aliphatic heterocycles. The molecule has 0 amide bonds. The quantitative estimate of drug-likeness (QED) is 0.557. The monoisotopic (exact) mass is 490 g/mol. The first-order valence-electron chi connectivity index (χ1n) is 13.0. The van der Waals surface area contributed by atoms with Crippen LogP contribution >= 0.6 is 0 Å². The predicted molar refractivity (Wildman–Crippen MR) is 125 cm³/mol. The second-order valence-electron chi connectivity index (χ2n) is 11.2. The lowest BCUT2D eigenvalue weighted by atomic mass is 9.45. The summed E-state index contributed by atoms with van der Waals surface area (Å²) in [6, 6.07) is 0. The van der Waals surface area contributed by atoms with Gasteiger partial charge in [-0.25, -0.2) is 4.79 Å². The van der Waals surface area contributed by atoms with E-state index in [1.807, 2.05) is 6.92 Å². The van der Waals surface area contributed by atoms with E-state index >= 15 is 0 Å². The number of ether oxygens (including phenoxy) is 3. The highest BCUT2D eigenvalue weighted by molar-refractivity contribution is 5.93. The number of hydrogen-bond donors (Lipinski definition) is 1. The molecule has 3 fully saturated rings. The number of aliphatic hydroxyl groups is 1. The summed E-state index contributed by atoms with van der Waals surface area (Å²) in [6.45, 7) is 7.03. The van der Waals surface area contributed by atoms with Crippen molar-refractivity contribution in [3.63, 3.8) is 0 Å². The van der Waals surface area contributed by atoms with Crippen LogP contribution in [0.3, 0.4) is 0 Å². The van der Waals surface area contributed by atoms with Crippen LogP contribution in [-0.2, 0) is 28.6 Å². The Labute approximate surface area is 206 Å². The van der Waals surface area contributed by atoms with Gasteiger partial charge in [-0.3, -0.25) is 14.4 Å². The van der Waals surface area contributed by atoms with Crippen molar-refractivity contribution in [2.45, 2.75) is 90.8 Å². The molecule has 194 valence electrons. The van der Waals surface area contributed by atoms with Gasteiger partial charge in [-0.2, -0.15) is 0 Å². The lowest BCUT2D eigenvalue weighted by Gasteiger charge is -2.60. The third-order valence-corrected chi connectivity index (χ3v) is 9.64. The zero-order valence-corrected chi connectivity index (χ0v) is 21.3. The van der Waals surface area contributed by atoms with Gasteiger partial charge in [-0.15, -0.1) is 0 Å². The molecule has 8 heteroatoms. The number of carbonyl (C=O) groups is 4. The summed E-state index contributed by atoms with van der Waals surface area (Å²) in [4.78, 5) is 50.1. The second-order valence-corrected chi connectivity index (χ2v) is 11.2. The molecule has 0 aromatic heterocycles. The van der Waals surface area contributed by atoms with E-state index < -0.39 is 41.6 Å². The topological polar surface area (TPSA) is 116 Å². The summed E-state index contributed by atoms with van der Waals surface area (Å²) in [5, 5.41) is 11.6. The summed E-state index contributed by atoms with van der Waals surface area (Å²) in [5.41, 5.74) is -1.50. The molecule has 7 atom stereocenters. The normalized spacial score (nSPS) is 40.0. The minimum atomic E-state index is -1.54. The van der Waals surface area contributed by atoms with Crippen molar-refractivity contribution in [3.05, 3.63) is 11.6 Å². The molecule has 4 aliphatic carbocycles. The average Bonchev–Trinajstić information content (AvgIpc) is 3.09. The molecule has 35 heavy (non-hydrogen) atoms. The molecular weight excluding hydrogens is 452 g/mol. The highest BCUT2D eigenvalue weighted by atomic mass is 16.7. The number of aliphatic hydroxyl groups excluding tert-OH is 1. The van der Waals surface area contributed by atoms with Crippen LogP contribution in [0.2, 0.25) is 0 Å². The van der Waals surface area contributed by atoms with Gasteiger partial charge >= 0.3 is 12.1 Å². The van der Waals surface area contributed by atoms with E-state index in [1.54, 1.807) is 19.9 Å². The number of rotatable bonds is 6. The van der Waals surface area contributed by atoms with Crippen LogP contribution in [0.4, 0.5) is 4.79 Å². The maximum absolute atomic E-state index is 13.6. The molecule has 0 aromatic rings. The molecule has 0 radical (unpaired) electrons. The van der Waals surface area contributed by atoms with Crippen molar-refractivity contribution >= 4 is 23.7 Å². The fourth-order valence-electron chi connectivity index (χ4n) is 8.01. The third kappa shape index (κ3) is 4.02. The van der Waals surface area contributed by atoms with Gasteiger partial charge in [0.25, 0.3) is 0 Å². The lowest BCUT2D eigenvalue weighted by molar-refractivity contribution is -0.188. The van der Waals surface area contributed by atoms with Crippen molar-refractivity contribution in [2.75, 3.05) is 13.2 Å². The van der Waals surface area contributed by atoms with Gasteiger partial charge in [0.15, 0.2) is 18.0 Å². The Bertz CT molecular complexity index is 939. The molecule has 3 saturated carbocycles. The van der Waals surface area contributed by atoms with Gasteiger partial charge in [0.2, 0.25) is 5.78 Å². The first-order valence-corrected chi connectivity index (χ1v) is 13.0. The van der Waals surface area contributed by atoms with Crippen LogP contribution < -0.4 is 0 Å². The van der Waals surface area contributed by atoms with Gasteiger partial charge in [-0.1, -0.05) is 26.3 Å². The molecule has 0 saturated heterocycles. The zero-order valence-electron chi connectivity index (χ0n) is 21.3. The van der Waals surface area contributed by atoms with Crippen LogP contribution in [0.1, 0.15) is 79.1 Å². The van der Waals surface area contributed by atoms with E-state index in [9.17, 15) is 24.3 Å². The SMILES string of the molecule is CCOC(=O)O[C@]1(C(=O)COC(=O)CC)CC[C@H]2[C@@H]3CCC4=CC(=O)CC[C@]4(C)[C@@H]3[C@@H](O)C[C@@]21C. The molecular formula is C27H38O8. The number of ketones is 2. The Hall–Kier alpha value is -2.22. The van der Waals surface area contributed by atoms with Crippen LogP contribution in [0.5, 0.6) is 0 Å². The Morgan fingerprint density at radius 1 is 1.09 bits per heavy atom. The Morgan fingerprint density at radius 2 is 1.83 bits per heavy atom. The lowest BCUT2D eigenvalue weighted by Crippen LogP contribution is -2.63. The van der Waals surface area contributed by atoms with Crippen LogP contribution in [0, 0.1) is 28.6 Å². The van der Waals surface area contributed by atoms with Crippen LogP contribution in [-0.4, -0.2) is 53.7 Å². The van der Waals surface area contributed by atoms with Crippen molar-refractivity contribution in [2.24, 2.45) is 28.6 Å². The largest absolute Gasteiger partial charge is 0.509 e. The fraction of sp³-hybridized carbons (Fsp3) is 0.778. The molecule has 1 N–H and O–H groups in total. The zero-order chi connectivity index (χ0) is 25.6. The summed E-state index contributed by atoms with van der Waals surface area (Å²) in [7, 11) is 0. The van der Waals surface area contributed by atoms with Crippen LogP contribution in [0.25, 0.3) is 0 Å². The summed E-state index contributed by atoms with van der Waals surface area (Å²) in [6.07, 6.45) is 4.31. The van der Waals surface area contributed by atoms with E-state index in [-0.39, 0.29) is 48.4 Å². The number of fused-ring (bicyclic) bond motifs is 5. The first-order chi connectivity index (χ1) is 16.5. The van der Waals surface area contributed by atoms with Gasteiger partial charge in [0.1, 0.15) is 0 Å². The van der Waals surface area contributed by atoms with Gasteiger partial charge < -0.3 is 19.3 Å². The molecule has 0 unspecified atom stereocenters. The fourth-order valence-corrected chi connectivity index (χ4v) is 8.01. The summed E-state index contributed by atoms with van der Waals surface area (Å²) >= 11 is 0. The van der Waals surface area contributed by atoms with Crippen molar-refractivity contribution in [1.82, 2.24) is 0 Å². The molecule has 0 spiro atoms. The second kappa shape index (κ2) is 9.34. The Balaban J connectivity index is 1.70. The predicted octanol–water partition coefficient (Wildman–Crippen LogP) is 3.92. The van der Waals surface area contributed by atoms with Crippen molar-refractivity contribution in [3.8, 4) is 0 Å². The Kier molecular flexibility index (Phi) is 6.90. The molecule has 0 aromatic carbocycles. The number of allylic oxidation sites excluding steroid dienone is 1. The first kappa shape index (κ1) is 25.9. The number of Topliss-reactive ketones (excluding diaryl/α,β-unsaturated/α-hetero) is 1. The van der Waals surface area contributed by atoms with E-state index in [0.717, 1.165) is 24.8 Å². The smallest absolute Gasteiger partial charge is 0.457 e. The maximum Gasteiger partial charge on any atom is 0.509 e. The molecule has 0 bridgehead atoms. The Morgan fingerprint density at radius 3 is 2.51 bits per heavy atom. The molecule has 8 nitrogen and oxygen atoms in total. The minimum Gasteiger partial charge on any atom is -0.457 e. The minimum absolute atomic E-state index is 0.0277. The average molecular weight is 491 g/mol. The molecule has 4 rings (SSSR count). The van der Waals surface area contributed by atoms with Gasteiger partial charge in [0, 0.05) is 18.3 Å².